The summed E-state index contributed by atoms with van der Waals surface area (Å²) in [7, 11) is 0. The maximum Gasteiger partial charge on any atom is 0.256 e. The van der Waals surface area contributed by atoms with E-state index in [0.29, 0.717) is 24.3 Å². The molecule has 1 aliphatic heterocycles. The first kappa shape index (κ1) is 13.9. The van der Waals surface area contributed by atoms with Crippen molar-refractivity contribution in [3.05, 3.63) is 40.9 Å². The normalized spacial score (nSPS) is 15.3. The molecule has 1 aliphatic rings. The SMILES string of the molecule is Cc1cccc(C(=O)N2CCN(c3nccs3)CC2)c1N. The molecule has 1 amide bonds. The molecule has 1 aromatic heterocycles. The number of hydrogen-bond donors (Lipinski definition) is 1. The van der Waals surface area contributed by atoms with Crippen molar-refractivity contribution in [3.63, 3.8) is 0 Å². The van der Waals surface area contributed by atoms with Crippen molar-refractivity contribution in [2.45, 2.75) is 6.92 Å². The number of hydrogen-bond acceptors (Lipinski definition) is 5. The Labute approximate surface area is 128 Å². The highest BCUT2D eigenvalue weighted by Crippen LogP contribution is 2.22. The zero-order valence-electron chi connectivity index (χ0n) is 12.0. The third kappa shape index (κ3) is 2.71. The number of anilines is 2. The van der Waals surface area contributed by atoms with E-state index >= 15 is 0 Å². The highest BCUT2D eigenvalue weighted by Gasteiger charge is 2.24. The minimum Gasteiger partial charge on any atom is -0.398 e. The van der Waals surface area contributed by atoms with Gasteiger partial charge in [0.1, 0.15) is 0 Å². The van der Waals surface area contributed by atoms with E-state index in [-0.39, 0.29) is 5.91 Å². The number of carbonyl (C=O) groups is 1. The molecular weight excluding hydrogens is 284 g/mol. The van der Waals surface area contributed by atoms with E-state index in [0.717, 1.165) is 23.8 Å². The first-order chi connectivity index (χ1) is 10.2. The molecule has 2 N–H and O–H groups in total. The van der Waals surface area contributed by atoms with Gasteiger partial charge in [0, 0.05) is 43.4 Å². The van der Waals surface area contributed by atoms with Gasteiger partial charge >= 0.3 is 0 Å². The second-order valence-corrected chi connectivity index (χ2v) is 6.00. The number of aryl methyl sites for hydroxylation is 1. The van der Waals surface area contributed by atoms with E-state index in [1.165, 1.54) is 0 Å². The Morgan fingerprint density at radius 2 is 2.05 bits per heavy atom. The van der Waals surface area contributed by atoms with Gasteiger partial charge in [-0.15, -0.1) is 11.3 Å². The summed E-state index contributed by atoms with van der Waals surface area (Å²) < 4.78 is 0. The van der Waals surface area contributed by atoms with Crippen LogP contribution in [0.2, 0.25) is 0 Å². The first-order valence-corrected chi connectivity index (χ1v) is 7.83. The molecule has 3 rings (SSSR count). The lowest BCUT2D eigenvalue weighted by molar-refractivity contribution is 0.0748. The monoisotopic (exact) mass is 302 g/mol. The van der Waals surface area contributed by atoms with Crippen LogP contribution in [0, 0.1) is 6.92 Å². The summed E-state index contributed by atoms with van der Waals surface area (Å²) in [6.07, 6.45) is 1.81. The van der Waals surface area contributed by atoms with E-state index < -0.39 is 0 Å². The maximum absolute atomic E-state index is 12.6. The number of amides is 1. The Balaban J connectivity index is 1.69. The summed E-state index contributed by atoms with van der Waals surface area (Å²) in [6, 6.07) is 5.61. The molecular formula is C15H18N4OS. The van der Waals surface area contributed by atoms with Gasteiger partial charge in [0.05, 0.1) is 5.56 Å². The van der Waals surface area contributed by atoms with E-state index in [1.807, 2.05) is 35.5 Å². The average Bonchev–Trinajstić information content (AvgIpc) is 3.04. The minimum absolute atomic E-state index is 0.0231. The summed E-state index contributed by atoms with van der Waals surface area (Å²) >= 11 is 1.63. The van der Waals surface area contributed by atoms with Gasteiger partial charge in [0.15, 0.2) is 5.13 Å². The van der Waals surface area contributed by atoms with Crippen molar-refractivity contribution in [3.8, 4) is 0 Å². The molecule has 21 heavy (non-hydrogen) atoms. The Bertz CT molecular complexity index is 633. The topological polar surface area (TPSA) is 62.5 Å². The van der Waals surface area contributed by atoms with Crippen molar-refractivity contribution < 1.29 is 4.79 Å². The van der Waals surface area contributed by atoms with Gasteiger partial charge in [-0.1, -0.05) is 12.1 Å². The van der Waals surface area contributed by atoms with Crippen molar-refractivity contribution in [1.82, 2.24) is 9.88 Å². The summed E-state index contributed by atoms with van der Waals surface area (Å²) in [4.78, 5) is 21.0. The van der Waals surface area contributed by atoms with Crippen LogP contribution >= 0.6 is 11.3 Å². The van der Waals surface area contributed by atoms with E-state index in [2.05, 4.69) is 9.88 Å². The molecule has 0 spiro atoms. The third-order valence-corrected chi connectivity index (χ3v) is 4.64. The maximum atomic E-state index is 12.6. The van der Waals surface area contributed by atoms with Gasteiger partial charge in [-0.2, -0.15) is 0 Å². The smallest absolute Gasteiger partial charge is 0.256 e. The molecule has 2 aromatic rings. The predicted molar refractivity (Wildman–Crippen MR) is 85.8 cm³/mol. The largest absolute Gasteiger partial charge is 0.398 e. The molecule has 0 bridgehead atoms. The van der Waals surface area contributed by atoms with Gasteiger partial charge in [0.25, 0.3) is 5.91 Å². The van der Waals surface area contributed by atoms with Crippen LogP contribution in [0.3, 0.4) is 0 Å². The second-order valence-electron chi connectivity index (χ2n) is 5.13. The zero-order chi connectivity index (χ0) is 14.8. The lowest BCUT2D eigenvalue weighted by atomic mass is 10.1. The number of nitrogens with two attached hydrogens (primary N) is 1. The van der Waals surface area contributed by atoms with Crippen LogP contribution < -0.4 is 10.6 Å². The zero-order valence-corrected chi connectivity index (χ0v) is 12.8. The van der Waals surface area contributed by atoms with Gasteiger partial charge in [-0.3, -0.25) is 4.79 Å². The standard InChI is InChI=1S/C15H18N4OS/c1-11-3-2-4-12(13(11)16)14(20)18-6-8-19(9-7-18)15-17-5-10-21-15/h2-5,10H,6-9,16H2,1H3. The molecule has 0 unspecified atom stereocenters. The molecule has 0 aliphatic carbocycles. The van der Waals surface area contributed by atoms with Crippen LogP contribution in [-0.2, 0) is 0 Å². The molecule has 1 saturated heterocycles. The van der Waals surface area contributed by atoms with E-state index in [4.69, 9.17) is 5.73 Å². The van der Waals surface area contributed by atoms with E-state index in [9.17, 15) is 4.79 Å². The third-order valence-electron chi connectivity index (χ3n) is 3.81. The van der Waals surface area contributed by atoms with Gasteiger partial charge < -0.3 is 15.5 Å². The van der Waals surface area contributed by atoms with Crippen molar-refractivity contribution in [1.29, 1.82) is 0 Å². The lowest BCUT2D eigenvalue weighted by Gasteiger charge is -2.34. The number of rotatable bonds is 2. The summed E-state index contributed by atoms with van der Waals surface area (Å²) in [5, 5.41) is 3.00. The molecule has 0 saturated carbocycles. The quantitative estimate of drug-likeness (QED) is 0.862. The Morgan fingerprint density at radius 3 is 2.71 bits per heavy atom. The first-order valence-electron chi connectivity index (χ1n) is 6.95. The van der Waals surface area contributed by atoms with Crippen molar-refractivity contribution >= 4 is 28.1 Å². The Morgan fingerprint density at radius 1 is 1.29 bits per heavy atom. The summed E-state index contributed by atoms with van der Waals surface area (Å²) in [5.74, 6) is 0.0231. The van der Waals surface area contributed by atoms with E-state index in [1.54, 1.807) is 17.4 Å². The van der Waals surface area contributed by atoms with Crippen LogP contribution in [-0.4, -0.2) is 42.0 Å². The van der Waals surface area contributed by atoms with Gasteiger partial charge in [0.2, 0.25) is 0 Å². The number of carbonyl (C=O) groups excluding carboxylic acids is 1. The number of nitrogens with zero attached hydrogens (tertiary/aromatic N) is 3. The Hall–Kier alpha value is -2.08. The minimum atomic E-state index is 0.0231. The van der Waals surface area contributed by atoms with Gasteiger partial charge in [-0.05, 0) is 18.6 Å². The van der Waals surface area contributed by atoms with Crippen LogP contribution in [0.4, 0.5) is 10.8 Å². The van der Waals surface area contributed by atoms with Gasteiger partial charge in [-0.25, -0.2) is 4.98 Å². The fourth-order valence-corrected chi connectivity index (χ4v) is 3.21. The number of benzene rings is 1. The fraction of sp³-hybridized carbons (Fsp3) is 0.333. The van der Waals surface area contributed by atoms with Crippen LogP contribution in [0.1, 0.15) is 15.9 Å². The predicted octanol–water partition coefficient (Wildman–Crippen LogP) is 2.00. The highest BCUT2D eigenvalue weighted by molar-refractivity contribution is 7.13. The molecule has 1 aromatic carbocycles. The molecule has 0 radical (unpaired) electrons. The summed E-state index contributed by atoms with van der Waals surface area (Å²) in [6.45, 7) is 4.94. The molecule has 1 fully saturated rings. The summed E-state index contributed by atoms with van der Waals surface area (Å²) in [5.41, 5.74) is 8.17. The van der Waals surface area contributed by atoms with Crippen LogP contribution in [0.25, 0.3) is 0 Å². The molecule has 2 heterocycles. The number of para-hydroxylation sites is 1. The number of nitrogen functional groups attached to an aromatic ring is 1. The van der Waals surface area contributed by atoms with Crippen molar-refractivity contribution in [2.24, 2.45) is 0 Å². The molecule has 110 valence electrons. The lowest BCUT2D eigenvalue weighted by Crippen LogP contribution is -2.48. The number of aromatic nitrogens is 1. The number of piperazine rings is 1. The highest BCUT2D eigenvalue weighted by atomic mass is 32.1. The Kier molecular flexibility index (Phi) is 3.79. The molecule has 5 nitrogen and oxygen atoms in total. The fourth-order valence-electron chi connectivity index (χ4n) is 2.51. The molecule has 0 atom stereocenters. The van der Waals surface area contributed by atoms with Crippen molar-refractivity contribution in [2.75, 3.05) is 36.8 Å². The second kappa shape index (κ2) is 5.73. The van der Waals surface area contributed by atoms with Crippen LogP contribution in [0.5, 0.6) is 0 Å². The van der Waals surface area contributed by atoms with Crippen LogP contribution in [0.15, 0.2) is 29.8 Å². The molecule has 6 heteroatoms. The average molecular weight is 302 g/mol. The number of thiazole rings is 1.